The average molecular weight is 178 g/mol. The minimum atomic E-state index is 0. The number of fused-ring (bicyclic) bond motifs is 1. The van der Waals surface area contributed by atoms with Gasteiger partial charge in [0.1, 0.15) is 0 Å². The summed E-state index contributed by atoms with van der Waals surface area (Å²) in [5.41, 5.74) is 3.40. The van der Waals surface area contributed by atoms with Crippen molar-refractivity contribution in [1.82, 2.24) is 9.97 Å². The molecule has 1 aromatic carbocycles. The maximum absolute atomic E-state index is 4.10. The summed E-state index contributed by atoms with van der Waals surface area (Å²) in [5, 5.41) is 0. The van der Waals surface area contributed by atoms with Crippen LogP contribution in [-0.4, -0.2) is 9.97 Å². The van der Waals surface area contributed by atoms with Gasteiger partial charge in [-0.1, -0.05) is 26.3 Å². The molecule has 2 rings (SSSR count). The van der Waals surface area contributed by atoms with Crippen molar-refractivity contribution in [3.05, 3.63) is 30.1 Å². The second-order valence-electron chi connectivity index (χ2n) is 3.13. The van der Waals surface area contributed by atoms with Gasteiger partial charge >= 0.3 is 0 Å². The zero-order valence-electron chi connectivity index (χ0n) is 8.46. The van der Waals surface area contributed by atoms with E-state index in [1.165, 1.54) is 12.0 Å². The Balaban J connectivity index is 0.000000381. The van der Waals surface area contributed by atoms with Crippen LogP contribution < -0.4 is 0 Å². The smallest absolute Gasteiger partial charge is 0.0931 e. The molecule has 2 nitrogen and oxygen atoms in total. The molecule has 2 aromatic rings. The van der Waals surface area contributed by atoms with Gasteiger partial charge in [0.15, 0.2) is 0 Å². The molecular weight excluding hydrogens is 160 g/mol. The maximum Gasteiger partial charge on any atom is 0.0931 e. The van der Waals surface area contributed by atoms with Crippen LogP contribution >= 0.6 is 0 Å². The van der Waals surface area contributed by atoms with E-state index in [1.807, 2.05) is 6.07 Å². The third-order valence-electron chi connectivity index (χ3n) is 1.58. The fraction of sp³-hybridized carbons (Fsp3) is 0.364. The Labute approximate surface area is 80.5 Å². The van der Waals surface area contributed by atoms with E-state index >= 15 is 0 Å². The number of nitrogens with zero attached hydrogens (tertiary/aromatic N) is 1. The molecule has 1 N–H and O–H groups in total. The van der Waals surface area contributed by atoms with Crippen LogP contribution in [0.5, 0.6) is 0 Å². The molecule has 1 aromatic heterocycles. The van der Waals surface area contributed by atoms with E-state index in [0.29, 0.717) is 0 Å². The Morgan fingerprint density at radius 3 is 2.77 bits per heavy atom. The molecule has 0 saturated carbocycles. The Bertz CT molecular complexity index is 368. The minimum Gasteiger partial charge on any atom is -0.345 e. The number of rotatable bonds is 0. The number of benzene rings is 1. The van der Waals surface area contributed by atoms with Gasteiger partial charge in [0.2, 0.25) is 0 Å². The highest BCUT2D eigenvalue weighted by molar-refractivity contribution is 5.74. The summed E-state index contributed by atoms with van der Waals surface area (Å²) in [6, 6.07) is 6.16. The third kappa shape index (κ3) is 2.58. The molecular formula is C11H18N2. The zero-order valence-corrected chi connectivity index (χ0v) is 8.46. The van der Waals surface area contributed by atoms with Gasteiger partial charge in [0.05, 0.1) is 17.4 Å². The van der Waals surface area contributed by atoms with Crippen molar-refractivity contribution in [1.29, 1.82) is 0 Å². The van der Waals surface area contributed by atoms with Gasteiger partial charge in [0.25, 0.3) is 0 Å². The van der Waals surface area contributed by atoms with Crippen molar-refractivity contribution in [2.24, 2.45) is 0 Å². The molecule has 0 fully saturated rings. The Morgan fingerprint density at radius 1 is 1.38 bits per heavy atom. The number of imidazole rings is 1. The molecule has 0 spiro atoms. The first kappa shape index (κ1) is 9.78. The molecule has 0 aliphatic heterocycles. The van der Waals surface area contributed by atoms with E-state index in [0.717, 1.165) is 11.0 Å². The van der Waals surface area contributed by atoms with Crippen LogP contribution in [0.15, 0.2) is 24.5 Å². The Hall–Kier alpha value is -1.31. The van der Waals surface area contributed by atoms with Crippen LogP contribution in [-0.2, 0) is 0 Å². The standard InChI is InChI=1S/C8H8N2.C3H8.H2/c1-6-2-3-7-8(4-6)10-5-9-7;1-3-2;/h2-5H,1H3,(H,9,10);3H2,1-2H3;1H. The molecule has 13 heavy (non-hydrogen) atoms. The highest BCUT2D eigenvalue weighted by Gasteiger charge is 1.92. The van der Waals surface area contributed by atoms with E-state index in [-0.39, 0.29) is 1.43 Å². The second kappa shape index (κ2) is 4.65. The summed E-state index contributed by atoms with van der Waals surface area (Å²) in [7, 11) is 0. The number of aryl methyl sites for hydroxylation is 1. The van der Waals surface area contributed by atoms with E-state index in [1.54, 1.807) is 6.33 Å². The lowest BCUT2D eigenvalue weighted by Crippen LogP contribution is -1.71. The molecule has 0 unspecified atom stereocenters. The summed E-state index contributed by atoms with van der Waals surface area (Å²) in [6.45, 7) is 6.32. The topological polar surface area (TPSA) is 28.7 Å². The molecule has 2 heteroatoms. The van der Waals surface area contributed by atoms with E-state index in [2.05, 4.69) is 42.9 Å². The fourth-order valence-corrected chi connectivity index (χ4v) is 1.05. The molecule has 72 valence electrons. The van der Waals surface area contributed by atoms with Crippen molar-refractivity contribution >= 4 is 11.0 Å². The van der Waals surface area contributed by atoms with Crippen molar-refractivity contribution in [2.75, 3.05) is 0 Å². The van der Waals surface area contributed by atoms with Crippen LogP contribution in [0.3, 0.4) is 0 Å². The zero-order chi connectivity index (χ0) is 9.68. The summed E-state index contributed by atoms with van der Waals surface area (Å²) in [6.07, 6.45) is 2.96. The monoisotopic (exact) mass is 178 g/mol. The van der Waals surface area contributed by atoms with Gasteiger partial charge in [-0.3, -0.25) is 0 Å². The maximum atomic E-state index is 4.10. The quantitative estimate of drug-likeness (QED) is 0.656. The van der Waals surface area contributed by atoms with E-state index < -0.39 is 0 Å². The number of H-pyrrole nitrogens is 1. The lowest BCUT2D eigenvalue weighted by molar-refractivity contribution is 1.09. The first-order valence-electron chi connectivity index (χ1n) is 4.67. The third-order valence-corrected chi connectivity index (χ3v) is 1.58. The largest absolute Gasteiger partial charge is 0.345 e. The van der Waals surface area contributed by atoms with Gasteiger partial charge in [-0.15, -0.1) is 0 Å². The first-order valence-corrected chi connectivity index (χ1v) is 4.67. The predicted octanol–water partition coefficient (Wildman–Crippen LogP) is 3.53. The predicted molar refractivity (Wildman–Crippen MR) is 58.9 cm³/mol. The Kier molecular flexibility index (Phi) is 3.50. The molecule has 0 saturated heterocycles. The molecule has 0 atom stereocenters. The summed E-state index contributed by atoms with van der Waals surface area (Å²) in [4.78, 5) is 7.15. The number of aromatic nitrogens is 2. The van der Waals surface area contributed by atoms with Crippen molar-refractivity contribution < 1.29 is 1.43 Å². The van der Waals surface area contributed by atoms with Crippen molar-refractivity contribution in [2.45, 2.75) is 27.2 Å². The van der Waals surface area contributed by atoms with Gasteiger partial charge in [-0.2, -0.15) is 0 Å². The lowest BCUT2D eigenvalue weighted by atomic mass is 10.2. The van der Waals surface area contributed by atoms with Crippen LogP contribution in [0.4, 0.5) is 0 Å². The van der Waals surface area contributed by atoms with Gasteiger partial charge in [0, 0.05) is 1.43 Å². The minimum absolute atomic E-state index is 0. The number of hydrogen-bond acceptors (Lipinski definition) is 1. The lowest BCUT2D eigenvalue weighted by Gasteiger charge is -1.89. The normalized spacial score (nSPS) is 9.46. The van der Waals surface area contributed by atoms with Gasteiger partial charge in [-0.25, -0.2) is 4.98 Å². The average Bonchev–Trinajstić information content (AvgIpc) is 2.52. The number of hydrogen-bond donors (Lipinski definition) is 1. The van der Waals surface area contributed by atoms with Crippen LogP contribution in [0, 0.1) is 6.92 Å². The van der Waals surface area contributed by atoms with E-state index in [4.69, 9.17) is 0 Å². The molecule has 0 bridgehead atoms. The summed E-state index contributed by atoms with van der Waals surface area (Å²) < 4.78 is 0. The second-order valence-corrected chi connectivity index (χ2v) is 3.13. The van der Waals surface area contributed by atoms with Crippen LogP contribution in [0.1, 0.15) is 27.3 Å². The molecule has 0 aliphatic carbocycles. The van der Waals surface area contributed by atoms with Crippen LogP contribution in [0.25, 0.3) is 11.0 Å². The Morgan fingerprint density at radius 2 is 2.08 bits per heavy atom. The van der Waals surface area contributed by atoms with Gasteiger partial charge in [-0.05, 0) is 24.6 Å². The molecule has 1 heterocycles. The number of aromatic amines is 1. The summed E-state index contributed by atoms with van der Waals surface area (Å²) in [5.74, 6) is 0. The SMILES string of the molecule is CCC.Cc1ccc2nc[nH]c2c1.[HH]. The highest BCUT2D eigenvalue weighted by atomic mass is 14.9. The van der Waals surface area contributed by atoms with Crippen molar-refractivity contribution in [3.8, 4) is 0 Å². The highest BCUT2D eigenvalue weighted by Crippen LogP contribution is 2.09. The fourth-order valence-electron chi connectivity index (χ4n) is 1.05. The number of nitrogens with one attached hydrogen (secondary N) is 1. The summed E-state index contributed by atoms with van der Waals surface area (Å²) >= 11 is 0. The van der Waals surface area contributed by atoms with Gasteiger partial charge < -0.3 is 4.98 Å². The molecule has 0 radical (unpaired) electrons. The first-order chi connectivity index (χ1) is 6.27. The van der Waals surface area contributed by atoms with E-state index in [9.17, 15) is 0 Å². The molecule has 0 aliphatic rings. The van der Waals surface area contributed by atoms with Crippen molar-refractivity contribution in [3.63, 3.8) is 0 Å². The van der Waals surface area contributed by atoms with Crippen LogP contribution in [0.2, 0.25) is 0 Å². The molecule has 0 amide bonds.